The van der Waals surface area contributed by atoms with E-state index in [2.05, 4.69) is 22.1 Å². The molecule has 0 aromatic carbocycles. The molecule has 1 aromatic heterocycles. The van der Waals surface area contributed by atoms with Gasteiger partial charge in [0.25, 0.3) is 0 Å². The van der Waals surface area contributed by atoms with Crippen LogP contribution in [-0.4, -0.2) is 34.7 Å². The summed E-state index contributed by atoms with van der Waals surface area (Å²) in [5, 5.41) is 6.63. The van der Waals surface area contributed by atoms with E-state index in [1.165, 1.54) is 0 Å². The molecule has 14 heavy (non-hydrogen) atoms. The van der Waals surface area contributed by atoms with Crippen LogP contribution in [0.4, 0.5) is 0 Å². The van der Waals surface area contributed by atoms with E-state index in [0.717, 1.165) is 31.9 Å². The standard InChI is InChI=1S/C9H13N3O2/c1-9(2-4-14-5-3-9)8-10-7(6-13)11-12-8/h6H,2-5H2,1H3,(H,10,11,12). The third-order valence-corrected chi connectivity index (χ3v) is 2.78. The predicted molar refractivity (Wildman–Crippen MR) is 49.2 cm³/mol. The molecule has 0 amide bonds. The van der Waals surface area contributed by atoms with Crippen molar-refractivity contribution in [1.82, 2.24) is 15.2 Å². The number of H-pyrrole nitrogens is 1. The van der Waals surface area contributed by atoms with Gasteiger partial charge in [0.05, 0.1) is 0 Å². The van der Waals surface area contributed by atoms with E-state index >= 15 is 0 Å². The highest BCUT2D eigenvalue weighted by Gasteiger charge is 2.32. The van der Waals surface area contributed by atoms with E-state index < -0.39 is 0 Å². The average Bonchev–Trinajstić information content (AvgIpc) is 2.67. The highest BCUT2D eigenvalue weighted by molar-refractivity contribution is 5.68. The van der Waals surface area contributed by atoms with Crippen LogP contribution in [-0.2, 0) is 10.2 Å². The average molecular weight is 195 g/mol. The number of hydrogen-bond donors (Lipinski definition) is 1. The predicted octanol–water partition coefficient (Wildman–Crippen LogP) is 0.685. The second-order valence-corrected chi connectivity index (χ2v) is 3.83. The van der Waals surface area contributed by atoms with Gasteiger partial charge < -0.3 is 4.74 Å². The van der Waals surface area contributed by atoms with Crippen LogP contribution in [0.15, 0.2) is 0 Å². The lowest BCUT2D eigenvalue weighted by Crippen LogP contribution is -2.31. The fraction of sp³-hybridized carbons (Fsp3) is 0.667. The minimum Gasteiger partial charge on any atom is -0.381 e. The van der Waals surface area contributed by atoms with Gasteiger partial charge in [0.1, 0.15) is 5.82 Å². The fourth-order valence-corrected chi connectivity index (χ4v) is 1.66. The van der Waals surface area contributed by atoms with Gasteiger partial charge in [0.2, 0.25) is 5.82 Å². The molecular formula is C9H13N3O2. The summed E-state index contributed by atoms with van der Waals surface area (Å²) < 4.78 is 5.29. The number of nitrogens with one attached hydrogen (secondary N) is 1. The second-order valence-electron chi connectivity index (χ2n) is 3.83. The first-order valence-electron chi connectivity index (χ1n) is 4.70. The summed E-state index contributed by atoms with van der Waals surface area (Å²) in [6.45, 7) is 3.60. The monoisotopic (exact) mass is 195 g/mol. The van der Waals surface area contributed by atoms with Crippen LogP contribution in [0.2, 0.25) is 0 Å². The van der Waals surface area contributed by atoms with Crippen molar-refractivity contribution in [2.24, 2.45) is 0 Å². The highest BCUT2D eigenvalue weighted by atomic mass is 16.5. The molecule has 1 fully saturated rings. The molecule has 1 N–H and O–H groups in total. The second kappa shape index (κ2) is 3.49. The number of nitrogens with zero attached hydrogens (tertiary/aromatic N) is 2. The third-order valence-electron chi connectivity index (χ3n) is 2.78. The highest BCUT2D eigenvalue weighted by Crippen LogP contribution is 2.31. The SMILES string of the molecule is CC1(c2nc(C=O)n[nH]2)CCOCC1. The number of ether oxygens (including phenoxy) is 1. The zero-order valence-electron chi connectivity index (χ0n) is 8.12. The summed E-state index contributed by atoms with van der Waals surface area (Å²) in [5.74, 6) is 1.02. The van der Waals surface area contributed by atoms with Crippen molar-refractivity contribution < 1.29 is 9.53 Å². The van der Waals surface area contributed by atoms with Crippen molar-refractivity contribution in [3.8, 4) is 0 Å². The number of hydrogen-bond acceptors (Lipinski definition) is 4. The Hall–Kier alpha value is -1.23. The maximum absolute atomic E-state index is 10.4. The number of aromatic amines is 1. The molecular weight excluding hydrogens is 182 g/mol. The number of aldehydes is 1. The molecule has 0 radical (unpaired) electrons. The molecule has 0 unspecified atom stereocenters. The number of rotatable bonds is 2. The summed E-state index contributed by atoms with van der Waals surface area (Å²) in [7, 11) is 0. The van der Waals surface area contributed by atoms with Gasteiger partial charge in [-0.05, 0) is 12.8 Å². The van der Waals surface area contributed by atoms with Crippen molar-refractivity contribution in [2.45, 2.75) is 25.2 Å². The Kier molecular flexibility index (Phi) is 2.33. The van der Waals surface area contributed by atoms with Gasteiger partial charge in [-0.25, -0.2) is 4.98 Å². The normalized spacial score (nSPS) is 20.6. The van der Waals surface area contributed by atoms with E-state index in [-0.39, 0.29) is 11.2 Å². The van der Waals surface area contributed by atoms with Crippen molar-refractivity contribution >= 4 is 6.29 Å². The number of carbonyl (C=O) groups is 1. The summed E-state index contributed by atoms with van der Waals surface area (Å²) in [5.41, 5.74) is -0.0213. The quantitative estimate of drug-likeness (QED) is 0.705. The van der Waals surface area contributed by atoms with Crippen LogP contribution in [0.3, 0.4) is 0 Å². The van der Waals surface area contributed by atoms with Crippen LogP contribution in [0.25, 0.3) is 0 Å². The summed E-state index contributed by atoms with van der Waals surface area (Å²) in [4.78, 5) is 14.6. The van der Waals surface area contributed by atoms with Gasteiger partial charge in [-0.1, -0.05) is 6.92 Å². The van der Waals surface area contributed by atoms with Gasteiger partial charge in [-0.3, -0.25) is 9.89 Å². The van der Waals surface area contributed by atoms with Gasteiger partial charge in [0, 0.05) is 18.6 Å². The fourth-order valence-electron chi connectivity index (χ4n) is 1.66. The molecule has 2 rings (SSSR count). The number of carbonyl (C=O) groups excluding carboxylic acids is 1. The van der Waals surface area contributed by atoms with Gasteiger partial charge >= 0.3 is 0 Å². The van der Waals surface area contributed by atoms with Gasteiger partial charge in [0.15, 0.2) is 6.29 Å². The van der Waals surface area contributed by atoms with Crippen molar-refractivity contribution in [3.63, 3.8) is 0 Å². The Morgan fingerprint density at radius 1 is 1.50 bits per heavy atom. The molecule has 0 saturated carbocycles. The molecule has 0 atom stereocenters. The minimum atomic E-state index is -0.0213. The van der Waals surface area contributed by atoms with Gasteiger partial charge in [-0.2, -0.15) is 5.10 Å². The van der Waals surface area contributed by atoms with Crippen LogP contribution >= 0.6 is 0 Å². The third kappa shape index (κ3) is 1.55. The lowest BCUT2D eigenvalue weighted by Gasteiger charge is -2.30. The van der Waals surface area contributed by atoms with E-state index in [1.54, 1.807) is 0 Å². The minimum absolute atomic E-state index is 0.0213. The summed E-state index contributed by atoms with van der Waals surface area (Å²) >= 11 is 0. The molecule has 5 nitrogen and oxygen atoms in total. The number of aromatic nitrogens is 3. The van der Waals surface area contributed by atoms with Crippen molar-refractivity contribution in [1.29, 1.82) is 0 Å². The largest absolute Gasteiger partial charge is 0.381 e. The Morgan fingerprint density at radius 3 is 2.79 bits per heavy atom. The van der Waals surface area contributed by atoms with Crippen LogP contribution in [0.1, 0.15) is 36.2 Å². The summed E-state index contributed by atoms with van der Waals surface area (Å²) in [6.07, 6.45) is 2.49. The van der Waals surface area contributed by atoms with E-state index in [0.29, 0.717) is 6.29 Å². The Bertz CT molecular complexity index is 329. The Labute approximate surface area is 81.9 Å². The molecule has 76 valence electrons. The van der Waals surface area contributed by atoms with E-state index in [9.17, 15) is 4.79 Å². The first kappa shape index (κ1) is 9.33. The van der Waals surface area contributed by atoms with Crippen LogP contribution in [0.5, 0.6) is 0 Å². The van der Waals surface area contributed by atoms with Crippen LogP contribution < -0.4 is 0 Å². The first-order valence-corrected chi connectivity index (χ1v) is 4.70. The molecule has 1 aliphatic heterocycles. The van der Waals surface area contributed by atoms with Crippen molar-refractivity contribution in [3.05, 3.63) is 11.6 Å². The Balaban J connectivity index is 2.23. The molecule has 0 bridgehead atoms. The van der Waals surface area contributed by atoms with Crippen LogP contribution in [0, 0.1) is 0 Å². The first-order chi connectivity index (χ1) is 6.74. The summed E-state index contributed by atoms with van der Waals surface area (Å²) in [6, 6.07) is 0. The lowest BCUT2D eigenvalue weighted by atomic mass is 9.82. The molecule has 1 aromatic rings. The maximum atomic E-state index is 10.4. The topological polar surface area (TPSA) is 67.9 Å². The molecule has 2 heterocycles. The van der Waals surface area contributed by atoms with Gasteiger partial charge in [-0.15, -0.1) is 0 Å². The van der Waals surface area contributed by atoms with Crippen molar-refractivity contribution in [2.75, 3.05) is 13.2 Å². The van der Waals surface area contributed by atoms with E-state index in [4.69, 9.17) is 4.74 Å². The zero-order valence-corrected chi connectivity index (χ0v) is 8.12. The molecule has 1 saturated heterocycles. The lowest BCUT2D eigenvalue weighted by molar-refractivity contribution is 0.0536. The zero-order chi connectivity index (χ0) is 10.0. The molecule has 0 aliphatic carbocycles. The Morgan fingerprint density at radius 2 is 2.21 bits per heavy atom. The van der Waals surface area contributed by atoms with E-state index in [1.807, 2.05) is 0 Å². The molecule has 0 spiro atoms. The molecule has 5 heteroatoms. The smallest absolute Gasteiger partial charge is 0.214 e. The molecule has 1 aliphatic rings. The maximum Gasteiger partial charge on any atom is 0.214 e.